The molecule has 0 bridgehead atoms. The van der Waals surface area contributed by atoms with Crippen molar-refractivity contribution in [2.75, 3.05) is 12.3 Å². The summed E-state index contributed by atoms with van der Waals surface area (Å²) in [6.45, 7) is 0.604. The number of carbonyl (C=O) groups is 1. The Morgan fingerprint density at radius 1 is 0.969 bits per heavy atom. The molecule has 4 aromatic rings. The van der Waals surface area contributed by atoms with Crippen molar-refractivity contribution in [3.05, 3.63) is 107 Å². The van der Waals surface area contributed by atoms with Crippen LogP contribution in [0, 0.1) is 11.6 Å². The predicted molar refractivity (Wildman–Crippen MR) is 125 cm³/mol. The van der Waals surface area contributed by atoms with Gasteiger partial charge in [0.25, 0.3) is 0 Å². The van der Waals surface area contributed by atoms with Gasteiger partial charge in [0.15, 0.2) is 0 Å². The van der Waals surface area contributed by atoms with Crippen LogP contribution in [-0.2, 0) is 17.0 Å². The molecule has 6 heteroatoms. The van der Waals surface area contributed by atoms with E-state index in [9.17, 15) is 13.6 Å². The molecular formula is C26H22F2N2OS. The first-order valence-electron chi connectivity index (χ1n) is 10.6. The van der Waals surface area contributed by atoms with Crippen molar-refractivity contribution in [1.82, 2.24) is 9.88 Å². The largest absolute Gasteiger partial charge is 0.356 e. The van der Waals surface area contributed by atoms with E-state index < -0.39 is 0 Å². The summed E-state index contributed by atoms with van der Waals surface area (Å²) in [6.07, 6.45) is 0.769. The number of aromatic amines is 1. The van der Waals surface area contributed by atoms with Gasteiger partial charge in [0, 0.05) is 28.9 Å². The number of thioether (sulfide) groups is 1. The second kappa shape index (κ2) is 8.79. The van der Waals surface area contributed by atoms with Gasteiger partial charge >= 0.3 is 0 Å². The molecule has 1 amide bonds. The number of fused-ring (bicyclic) bond motifs is 3. The van der Waals surface area contributed by atoms with Crippen LogP contribution in [0.15, 0.2) is 72.8 Å². The van der Waals surface area contributed by atoms with Crippen LogP contribution in [0.1, 0.15) is 28.4 Å². The molecule has 1 aliphatic heterocycles. The maximum absolute atomic E-state index is 13.6. The quantitative estimate of drug-likeness (QED) is 0.416. The number of nitrogens with zero attached hydrogens (tertiary/aromatic N) is 1. The fraction of sp³-hybridized carbons (Fsp3) is 0.192. The van der Waals surface area contributed by atoms with Crippen LogP contribution in [0.4, 0.5) is 8.78 Å². The zero-order valence-electron chi connectivity index (χ0n) is 17.4. The van der Waals surface area contributed by atoms with E-state index in [1.165, 1.54) is 47.0 Å². The van der Waals surface area contributed by atoms with Gasteiger partial charge in [-0.15, -0.1) is 11.8 Å². The Labute approximate surface area is 189 Å². The predicted octanol–water partition coefficient (Wildman–Crippen LogP) is 5.85. The Morgan fingerprint density at radius 3 is 2.41 bits per heavy atom. The van der Waals surface area contributed by atoms with E-state index in [0.717, 1.165) is 28.8 Å². The average Bonchev–Trinajstić information content (AvgIpc) is 3.19. The highest BCUT2D eigenvalue weighted by atomic mass is 32.2. The molecule has 1 N–H and O–H groups in total. The Kier molecular flexibility index (Phi) is 5.70. The van der Waals surface area contributed by atoms with Crippen molar-refractivity contribution in [2.45, 2.75) is 18.2 Å². The van der Waals surface area contributed by atoms with Gasteiger partial charge in [0.1, 0.15) is 11.6 Å². The lowest BCUT2D eigenvalue weighted by molar-refractivity contribution is -0.130. The number of carbonyl (C=O) groups excluding carboxylic acids is 1. The minimum Gasteiger partial charge on any atom is -0.356 e. The number of halogens is 2. The van der Waals surface area contributed by atoms with Gasteiger partial charge in [-0.05, 0) is 53.4 Å². The maximum atomic E-state index is 13.6. The molecule has 5 rings (SSSR count). The molecule has 0 saturated heterocycles. The van der Waals surface area contributed by atoms with E-state index in [-0.39, 0.29) is 23.6 Å². The van der Waals surface area contributed by atoms with Crippen LogP contribution in [0.3, 0.4) is 0 Å². The van der Waals surface area contributed by atoms with E-state index in [0.29, 0.717) is 18.1 Å². The molecule has 0 aliphatic carbocycles. The summed E-state index contributed by atoms with van der Waals surface area (Å²) in [6, 6.07) is 20.6. The topological polar surface area (TPSA) is 36.1 Å². The van der Waals surface area contributed by atoms with Gasteiger partial charge in [-0.2, -0.15) is 0 Å². The third-order valence-electron chi connectivity index (χ3n) is 5.95. The van der Waals surface area contributed by atoms with Crippen molar-refractivity contribution < 1.29 is 13.6 Å². The molecule has 2 heterocycles. The van der Waals surface area contributed by atoms with Crippen molar-refractivity contribution in [3.8, 4) is 0 Å². The third-order valence-corrected chi connectivity index (χ3v) is 6.94. The molecule has 0 radical (unpaired) electrons. The summed E-state index contributed by atoms with van der Waals surface area (Å²) in [5.74, 6) is 0.438. The number of aromatic nitrogens is 1. The molecule has 162 valence electrons. The summed E-state index contributed by atoms with van der Waals surface area (Å²) in [5.41, 5.74) is 5.13. The summed E-state index contributed by atoms with van der Waals surface area (Å²) >= 11 is 1.52. The van der Waals surface area contributed by atoms with Crippen LogP contribution in [0.5, 0.6) is 0 Å². The highest BCUT2D eigenvalue weighted by Gasteiger charge is 2.34. The van der Waals surface area contributed by atoms with Crippen LogP contribution in [-0.4, -0.2) is 28.1 Å². The Bertz CT molecular complexity index is 1250. The van der Waals surface area contributed by atoms with E-state index in [4.69, 9.17) is 0 Å². The number of para-hydroxylation sites is 1. The minimum absolute atomic E-state index is 0.0377. The van der Waals surface area contributed by atoms with Gasteiger partial charge in [0.05, 0.1) is 11.8 Å². The Hall–Kier alpha value is -3.12. The average molecular weight is 449 g/mol. The number of H-pyrrole nitrogens is 1. The van der Waals surface area contributed by atoms with Crippen LogP contribution in [0.2, 0.25) is 0 Å². The van der Waals surface area contributed by atoms with Crippen molar-refractivity contribution in [2.24, 2.45) is 0 Å². The second-order valence-corrected chi connectivity index (χ2v) is 8.96. The third kappa shape index (κ3) is 4.02. The molecule has 0 spiro atoms. The van der Waals surface area contributed by atoms with Gasteiger partial charge in [-0.1, -0.05) is 42.5 Å². The zero-order valence-corrected chi connectivity index (χ0v) is 18.2. The first-order chi connectivity index (χ1) is 15.6. The number of hydrogen-bond acceptors (Lipinski definition) is 2. The van der Waals surface area contributed by atoms with Gasteiger partial charge < -0.3 is 9.88 Å². The number of benzene rings is 3. The van der Waals surface area contributed by atoms with Gasteiger partial charge in [-0.25, -0.2) is 8.78 Å². The number of amides is 1. The second-order valence-electron chi connectivity index (χ2n) is 7.97. The summed E-state index contributed by atoms with van der Waals surface area (Å²) in [5, 5.41) is 1.17. The number of nitrogens with one attached hydrogen (secondary N) is 1. The first-order valence-corrected chi connectivity index (χ1v) is 11.7. The van der Waals surface area contributed by atoms with Crippen molar-refractivity contribution in [3.63, 3.8) is 0 Å². The Balaban J connectivity index is 1.42. The molecule has 3 nitrogen and oxygen atoms in total. The summed E-state index contributed by atoms with van der Waals surface area (Å²) in [4.78, 5) is 18.7. The van der Waals surface area contributed by atoms with Crippen LogP contribution >= 0.6 is 11.8 Å². The smallest absolute Gasteiger partial charge is 0.233 e. The first kappa shape index (κ1) is 20.8. The van der Waals surface area contributed by atoms with Gasteiger partial charge in [0.2, 0.25) is 5.91 Å². The number of hydrogen-bond donors (Lipinski definition) is 1. The monoisotopic (exact) mass is 448 g/mol. The lowest BCUT2D eigenvalue weighted by Gasteiger charge is -2.36. The van der Waals surface area contributed by atoms with E-state index in [2.05, 4.69) is 11.1 Å². The lowest BCUT2D eigenvalue weighted by Crippen LogP contribution is -2.41. The molecule has 3 aromatic carbocycles. The van der Waals surface area contributed by atoms with Gasteiger partial charge in [-0.3, -0.25) is 4.79 Å². The van der Waals surface area contributed by atoms with E-state index in [1.807, 2.05) is 23.1 Å². The fourth-order valence-electron chi connectivity index (χ4n) is 4.42. The molecule has 32 heavy (non-hydrogen) atoms. The lowest BCUT2D eigenvalue weighted by atomic mass is 9.92. The molecular weight excluding hydrogens is 426 g/mol. The zero-order chi connectivity index (χ0) is 22.1. The van der Waals surface area contributed by atoms with E-state index in [1.54, 1.807) is 24.3 Å². The highest BCUT2D eigenvalue weighted by molar-refractivity contribution is 7.99. The number of rotatable bonds is 5. The molecule has 0 saturated carbocycles. The molecule has 1 atom stereocenters. The Morgan fingerprint density at radius 2 is 1.66 bits per heavy atom. The van der Waals surface area contributed by atoms with Crippen molar-refractivity contribution >= 4 is 28.6 Å². The molecule has 0 unspecified atom stereocenters. The standard InChI is InChI=1S/C26H22F2N2OS/c27-19-9-5-17(6-10-19)15-32-16-24(31)30-14-13-22-21-3-1-2-4-23(21)29-25(22)26(30)18-7-11-20(28)12-8-18/h1-12,26,29H,13-16H2/t26-/m0/s1. The normalized spacial score (nSPS) is 15.7. The van der Waals surface area contributed by atoms with E-state index >= 15 is 0 Å². The summed E-state index contributed by atoms with van der Waals surface area (Å²) < 4.78 is 26.7. The molecule has 1 aromatic heterocycles. The molecule has 1 aliphatic rings. The molecule has 0 fully saturated rings. The minimum atomic E-state index is -0.297. The highest BCUT2D eigenvalue weighted by Crippen LogP contribution is 2.38. The van der Waals surface area contributed by atoms with Crippen LogP contribution < -0.4 is 0 Å². The van der Waals surface area contributed by atoms with Crippen molar-refractivity contribution in [1.29, 1.82) is 0 Å². The van der Waals surface area contributed by atoms with Crippen LogP contribution in [0.25, 0.3) is 10.9 Å². The fourth-order valence-corrected chi connectivity index (χ4v) is 5.29. The SMILES string of the molecule is O=C(CSCc1ccc(F)cc1)N1CCc2c([nH]c3ccccc23)[C@@H]1c1ccc(F)cc1. The summed E-state index contributed by atoms with van der Waals surface area (Å²) in [7, 11) is 0. The maximum Gasteiger partial charge on any atom is 0.233 e.